The second-order valence-corrected chi connectivity index (χ2v) is 7.91. The number of esters is 1. The molecule has 0 bridgehead atoms. The summed E-state index contributed by atoms with van der Waals surface area (Å²) in [4.78, 5) is 35.1. The van der Waals surface area contributed by atoms with Crippen LogP contribution < -0.4 is 10.2 Å². The smallest absolute Gasteiger partial charge is 0.344 e. The van der Waals surface area contributed by atoms with E-state index < -0.39 is 16.8 Å². The van der Waals surface area contributed by atoms with Crippen LogP contribution in [0.3, 0.4) is 0 Å². The lowest BCUT2D eigenvalue weighted by Crippen LogP contribution is -2.25. The summed E-state index contributed by atoms with van der Waals surface area (Å²) in [5, 5.41) is 19.2. The van der Waals surface area contributed by atoms with Crippen molar-refractivity contribution >= 4 is 39.2 Å². The largest absolute Gasteiger partial charge is 0.423 e. The second kappa shape index (κ2) is 10.2. The highest BCUT2D eigenvalue weighted by atomic mass is 79.9. The number of rotatable bonds is 7. The van der Waals surface area contributed by atoms with Gasteiger partial charge in [0, 0.05) is 4.47 Å². The topological polar surface area (TPSA) is 129 Å². The Balaban J connectivity index is 1.61. The first-order valence-electron chi connectivity index (χ1n) is 9.76. The molecule has 1 aromatic heterocycles. The summed E-state index contributed by atoms with van der Waals surface area (Å²) in [6.45, 7) is 4.55. The van der Waals surface area contributed by atoms with E-state index in [2.05, 4.69) is 31.6 Å². The Morgan fingerprint density at radius 1 is 1.18 bits per heavy atom. The number of hydrogen-bond acceptors (Lipinski definition) is 7. The van der Waals surface area contributed by atoms with Gasteiger partial charge in [-0.15, -0.1) is 0 Å². The Kier molecular flexibility index (Phi) is 7.34. The summed E-state index contributed by atoms with van der Waals surface area (Å²) in [6, 6.07) is 13.6. The molecule has 0 aliphatic carbocycles. The Morgan fingerprint density at radius 3 is 2.45 bits per heavy atom. The van der Waals surface area contributed by atoms with Gasteiger partial charge < -0.3 is 4.74 Å². The van der Waals surface area contributed by atoms with E-state index in [1.807, 2.05) is 0 Å². The van der Waals surface area contributed by atoms with E-state index in [9.17, 15) is 19.7 Å². The molecule has 0 aliphatic rings. The minimum absolute atomic E-state index is 0.108. The third kappa shape index (κ3) is 5.69. The quantitative estimate of drug-likeness (QED) is 0.167. The van der Waals surface area contributed by atoms with E-state index in [0.29, 0.717) is 32.8 Å². The van der Waals surface area contributed by atoms with Crippen LogP contribution in [0, 0.1) is 24.0 Å². The number of nitrogens with zero attached hydrogens (tertiary/aromatic N) is 4. The summed E-state index contributed by atoms with van der Waals surface area (Å²) >= 11 is 3.32. The molecule has 0 spiro atoms. The number of nitro groups is 1. The van der Waals surface area contributed by atoms with Crippen LogP contribution in [-0.4, -0.2) is 32.3 Å². The molecule has 0 saturated carbocycles. The van der Waals surface area contributed by atoms with Crippen molar-refractivity contribution in [2.75, 3.05) is 0 Å². The molecule has 11 heteroatoms. The number of aromatic nitrogens is 2. The lowest BCUT2D eigenvalue weighted by molar-refractivity contribution is -0.386. The highest BCUT2D eigenvalue weighted by Gasteiger charge is 2.22. The molecule has 0 atom stereocenters. The molecule has 0 fully saturated rings. The van der Waals surface area contributed by atoms with Crippen molar-refractivity contribution in [1.29, 1.82) is 0 Å². The predicted octanol–water partition coefficient (Wildman–Crippen LogP) is 3.93. The first-order chi connectivity index (χ1) is 15.7. The average Bonchev–Trinajstić information content (AvgIpc) is 3.05. The Morgan fingerprint density at radius 2 is 1.85 bits per heavy atom. The minimum Gasteiger partial charge on any atom is -0.423 e. The van der Waals surface area contributed by atoms with Crippen LogP contribution in [0.15, 0.2) is 58.1 Å². The number of amides is 1. The van der Waals surface area contributed by atoms with Gasteiger partial charge in [-0.05, 0) is 78.7 Å². The fourth-order valence-corrected chi connectivity index (χ4v) is 3.49. The molecule has 33 heavy (non-hydrogen) atoms. The molecule has 1 N–H and O–H groups in total. The van der Waals surface area contributed by atoms with Crippen LogP contribution in [0.2, 0.25) is 0 Å². The SMILES string of the molecule is CC(=NNC(=O)Cn1nc(C)c([N+](=O)[O-])c1C)c1ccc(OC(=O)c2ccccc2Br)cc1. The number of carbonyl (C=O) groups excluding carboxylic acids is 2. The molecule has 0 saturated heterocycles. The van der Waals surface area contributed by atoms with Gasteiger partial charge in [0.25, 0.3) is 5.91 Å². The summed E-state index contributed by atoms with van der Waals surface area (Å²) in [7, 11) is 0. The molecule has 3 rings (SSSR count). The first-order valence-corrected chi connectivity index (χ1v) is 10.6. The van der Waals surface area contributed by atoms with Gasteiger partial charge in [0.2, 0.25) is 0 Å². The average molecular weight is 514 g/mol. The van der Waals surface area contributed by atoms with Gasteiger partial charge in [-0.2, -0.15) is 10.2 Å². The number of ether oxygens (including phenoxy) is 1. The van der Waals surface area contributed by atoms with Gasteiger partial charge in [-0.3, -0.25) is 19.6 Å². The van der Waals surface area contributed by atoms with Crippen molar-refractivity contribution in [3.63, 3.8) is 0 Å². The van der Waals surface area contributed by atoms with E-state index in [0.717, 1.165) is 0 Å². The van der Waals surface area contributed by atoms with E-state index in [4.69, 9.17) is 4.74 Å². The van der Waals surface area contributed by atoms with E-state index in [-0.39, 0.29) is 17.9 Å². The van der Waals surface area contributed by atoms with Crippen LogP contribution in [0.4, 0.5) is 5.69 Å². The standard InChI is InChI=1S/C22H20BrN5O5/c1-13(24-25-20(29)12-27-15(3)21(28(31)32)14(2)26-27)16-8-10-17(11-9-16)33-22(30)18-6-4-5-7-19(18)23/h4-11H,12H2,1-3H3,(H,25,29). The molecular weight excluding hydrogens is 494 g/mol. The third-order valence-corrected chi connectivity index (χ3v) is 5.44. The maximum absolute atomic E-state index is 12.3. The van der Waals surface area contributed by atoms with Crippen LogP contribution in [0.5, 0.6) is 5.75 Å². The van der Waals surface area contributed by atoms with Crippen LogP contribution in [0.1, 0.15) is 34.2 Å². The molecule has 0 radical (unpaired) electrons. The fraction of sp³-hybridized carbons (Fsp3) is 0.182. The van der Waals surface area contributed by atoms with Crippen molar-refractivity contribution in [3.8, 4) is 5.75 Å². The molecule has 10 nitrogen and oxygen atoms in total. The van der Waals surface area contributed by atoms with Gasteiger partial charge in [0.05, 0.1) is 16.2 Å². The molecule has 170 valence electrons. The summed E-state index contributed by atoms with van der Waals surface area (Å²) in [6.07, 6.45) is 0. The number of carbonyl (C=O) groups is 2. The Hall–Kier alpha value is -3.86. The number of halogens is 1. The van der Waals surface area contributed by atoms with Crippen molar-refractivity contribution in [3.05, 3.63) is 85.6 Å². The van der Waals surface area contributed by atoms with Crippen LogP contribution >= 0.6 is 15.9 Å². The van der Waals surface area contributed by atoms with Crippen molar-refractivity contribution in [2.24, 2.45) is 5.10 Å². The van der Waals surface area contributed by atoms with Crippen LogP contribution in [0.25, 0.3) is 0 Å². The van der Waals surface area contributed by atoms with Crippen molar-refractivity contribution in [2.45, 2.75) is 27.3 Å². The molecule has 0 unspecified atom stereocenters. The summed E-state index contributed by atoms with van der Waals surface area (Å²) < 4.78 is 7.29. The van der Waals surface area contributed by atoms with Gasteiger partial charge in [0.1, 0.15) is 23.7 Å². The number of hydrazone groups is 1. The molecule has 3 aromatic rings. The van der Waals surface area contributed by atoms with Gasteiger partial charge >= 0.3 is 11.7 Å². The molecule has 2 aromatic carbocycles. The van der Waals surface area contributed by atoms with Gasteiger partial charge in [0.15, 0.2) is 0 Å². The number of aryl methyl sites for hydroxylation is 1. The maximum atomic E-state index is 12.3. The van der Waals surface area contributed by atoms with Crippen molar-refractivity contribution < 1.29 is 19.2 Å². The monoisotopic (exact) mass is 513 g/mol. The van der Waals surface area contributed by atoms with Gasteiger partial charge in [-0.25, -0.2) is 10.2 Å². The Bertz CT molecular complexity index is 1250. The normalized spacial score (nSPS) is 11.2. The zero-order valence-electron chi connectivity index (χ0n) is 18.0. The van der Waals surface area contributed by atoms with E-state index >= 15 is 0 Å². The highest BCUT2D eigenvalue weighted by molar-refractivity contribution is 9.10. The molecule has 0 aliphatic heterocycles. The van der Waals surface area contributed by atoms with Crippen LogP contribution in [-0.2, 0) is 11.3 Å². The lowest BCUT2D eigenvalue weighted by Gasteiger charge is -2.07. The lowest BCUT2D eigenvalue weighted by atomic mass is 10.1. The van der Waals surface area contributed by atoms with E-state index in [1.165, 1.54) is 18.5 Å². The summed E-state index contributed by atoms with van der Waals surface area (Å²) in [5.41, 5.74) is 4.48. The fourth-order valence-electron chi connectivity index (χ4n) is 3.04. The zero-order valence-corrected chi connectivity index (χ0v) is 19.6. The molecule has 1 heterocycles. The second-order valence-electron chi connectivity index (χ2n) is 7.06. The molecule has 1 amide bonds. The highest BCUT2D eigenvalue weighted by Crippen LogP contribution is 2.22. The number of hydrogen-bond donors (Lipinski definition) is 1. The minimum atomic E-state index is -0.520. The van der Waals surface area contributed by atoms with Gasteiger partial charge in [-0.1, -0.05) is 12.1 Å². The zero-order chi connectivity index (χ0) is 24.1. The summed E-state index contributed by atoms with van der Waals surface area (Å²) in [5.74, 6) is -0.603. The number of benzene rings is 2. The molecular formula is C22H20BrN5O5. The predicted molar refractivity (Wildman–Crippen MR) is 124 cm³/mol. The number of nitrogens with one attached hydrogen (secondary N) is 1. The first kappa shape index (κ1) is 23.8. The van der Waals surface area contributed by atoms with E-state index in [1.54, 1.807) is 55.5 Å². The third-order valence-electron chi connectivity index (χ3n) is 4.74. The Labute approximate surface area is 197 Å². The maximum Gasteiger partial charge on any atom is 0.344 e. The van der Waals surface area contributed by atoms with Crippen molar-refractivity contribution in [1.82, 2.24) is 15.2 Å².